The molecule has 8 rings (SSSR count). The Morgan fingerprint density at radius 2 is 1.80 bits per heavy atom. The van der Waals surface area contributed by atoms with Gasteiger partial charge in [0.15, 0.2) is 5.82 Å². The number of aldehydes is 1. The summed E-state index contributed by atoms with van der Waals surface area (Å²) in [5.74, 6) is -0.484. The van der Waals surface area contributed by atoms with Crippen LogP contribution in [0.15, 0.2) is 30.5 Å². The average Bonchev–Trinajstić information content (AvgIpc) is 3.78. The molecule has 0 spiro atoms. The SMILES string of the molecule is CCc1c(F)ccc2cc(O)cc(-c3ncc4c(N5CCC[C@@](C)(O)C5)nc(OC[C@@]56CCCN5[C@H](CN(CC5CCC(C=O)CC5)C(=O)OC(C)(C)C)CC6)nc4c3F)c12. The normalized spacial score (nSPS) is 25.8. The minimum Gasteiger partial charge on any atom is -0.508 e. The second-order valence-electron chi connectivity index (χ2n) is 19.3. The lowest BCUT2D eigenvalue weighted by atomic mass is 9.82. The third-order valence-electron chi connectivity index (χ3n) is 13.5. The molecule has 1 saturated carbocycles. The topological polar surface area (TPSA) is 141 Å². The number of amides is 1. The van der Waals surface area contributed by atoms with Crippen LogP contribution in [0.1, 0.15) is 104 Å². The predicted octanol–water partition coefficient (Wildman–Crippen LogP) is 8.36. The number of halogens is 2. The largest absolute Gasteiger partial charge is 0.508 e. The average molecular weight is 843 g/mol. The lowest BCUT2D eigenvalue weighted by molar-refractivity contribution is -0.112. The van der Waals surface area contributed by atoms with Crippen LogP contribution in [0.3, 0.4) is 0 Å². The third kappa shape index (κ3) is 8.84. The summed E-state index contributed by atoms with van der Waals surface area (Å²) in [4.78, 5) is 45.6. The number of fused-ring (bicyclic) bond motifs is 3. The molecular weight excluding hydrogens is 783 g/mol. The number of nitrogens with zero attached hydrogens (tertiary/aromatic N) is 6. The molecule has 0 bridgehead atoms. The summed E-state index contributed by atoms with van der Waals surface area (Å²) in [6, 6.07) is 5.93. The van der Waals surface area contributed by atoms with E-state index in [2.05, 4.69) is 9.88 Å². The van der Waals surface area contributed by atoms with Gasteiger partial charge in [0.1, 0.15) is 47.1 Å². The molecule has 61 heavy (non-hydrogen) atoms. The monoisotopic (exact) mass is 842 g/mol. The van der Waals surface area contributed by atoms with Crippen molar-refractivity contribution in [2.75, 3.05) is 44.2 Å². The fourth-order valence-electron chi connectivity index (χ4n) is 10.6. The van der Waals surface area contributed by atoms with Gasteiger partial charge >= 0.3 is 12.1 Å². The van der Waals surface area contributed by atoms with Gasteiger partial charge in [-0.2, -0.15) is 9.97 Å². The Hall–Kier alpha value is -4.69. The van der Waals surface area contributed by atoms with E-state index in [1.54, 1.807) is 13.0 Å². The standard InChI is InChI=1S/C47H60F2N6O6/c1-6-34-37(48)14-13-31-21-33(57)22-35(38(31)34)40-39(49)41-36(23-50-40)42(53-19-7-16-46(5,59)27-53)52-43(51-41)60-28-47-17-8-20-55(47)32(15-18-47)25-54(44(58)61-45(2,3)4)24-29-9-11-30(26-56)12-10-29/h13-14,21-23,26,29-30,32,57,59H,6-12,15-20,24-25,27-28H2,1-5H3/t29?,30?,32-,46+,47-/m0/s1. The Balaban J connectivity index is 1.11. The number of aromatic hydroxyl groups is 1. The Bertz CT molecular complexity index is 2290. The first-order chi connectivity index (χ1) is 29.1. The van der Waals surface area contributed by atoms with Crippen molar-refractivity contribution in [3.63, 3.8) is 0 Å². The molecule has 4 aromatic rings. The van der Waals surface area contributed by atoms with Gasteiger partial charge in [-0.15, -0.1) is 0 Å². The van der Waals surface area contributed by atoms with Crippen molar-refractivity contribution in [2.24, 2.45) is 11.8 Å². The summed E-state index contributed by atoms with van der Waals surface area (Å²) in [5, 5.41) is 23.2. The van der Waals surface area contributed by atoms with Crippen molar-refractivity contribution < 1.29 is 38.1 Å². The number of hydrogen-bond donors (Lipinski definition) is 2. The van der Waals surface area contributed by atoms with Crippen molar-refractivity contribution in [3.05, 3.63) is 47.7 Å². The maximum absolute atomic E-state index is 17.2. The Labute approximate surface area is 356 Å². The highest BCUT2D eigenvalue weighted by Crippen LogP contribution is 2.44. The Kier molecular flexibility index (Phi) is 11.9. The summed E-state index contributed by atoms with van der Waals surface area (Å²) in [6.45, 7) is 12.3. The number of aliphatic hydroxyl groups is 1. The molecule has 4 aliphatic rings. The summed E-state index contributed by atoms with van der Waals surface area (Å²) < 4.78 is 44.9. The molecule has 0 unspecified atom stereocenters. The van der Waals surface area contributed by atoms with Crippen LogP contribution in [-0.2, 0) is 16.0 Å². The number of anilines is 1. The number of benzene rings is 2. The van der Waals surface area contributed by atoms with Gasteiger partial charge in [-0.1, -0.05) is 13.0 Å². The first-order valence-corrected chi connectivity index (χ1v) is 22.2. The summed E-state index contributed by atoms with van der Waals surface area (Å²) in [6.07, 6.45) is 10.9. The summed E-state index contributed by atoms with van der Waals surface area (Å²) in [5.41, 5.74) is -1.45. The minimum absolute atomic E-state index is 0.00388. The zero-order chi connectivity index (χ0) is 43.3. The second kappa shape index (κ2) is 16.9. The number of carbonyl (C=O) groups is 2. The molecule has 12 nitrogen and oxygen atoms in total. The van der Waals surface area contributed by atoms with Gasteiger partial charge in [0.05, 0.1) is 16.5 Å². The zero-order valence-electron chi connectivity index (χ0n) is 36.2. The van der Waals surface area contributed by atoms with Crippen LogP contribution in [0, 0.1) is 23.5 Å². The molecule has 2 aromatic carbocycles. The van der Waals surface area contributed by atoms with E-state index in [4.69, 9.17) is 19.4 Å². The van der Waals surface area contributed by atoms with E-state index in [1.165, 1.54) is 24.4 Å². The number of carbonyl (C=O) groups excluding carboxylic acids is 2. The molecule has 1 aliphatic carbocycles. The fourth-order valence-corrected chi connectivity index (χ4v) is 10.6. The van der Waals surface area contributed by atoms with E-state index in [1.807, 2.05) is 37.5 Å². The number of aromatic nitrogens is 3. The highest BCUT2D eigenvalue weighted by atomic mass is 19.1. The van der Waals surface area contributed by atoms with Gasteiger partial charge in [-0.25, -0.2) is 13.6 Å². The smallest absolute Gasteiger partial charge is 0.410 e. The Morgan fingerprint density at radius 1 is 1.03 bits per heavy atom. The molecule has 3 atom stereocenters. The van der Waals surface area contributed by atoms with Crippen molar-refractivity contribution in [2.45, 2.75) is 128 Å². The fraction of sp³-hybridized carbons (Fsp3) is 0.596. The zero-order valence-corrected chi connectivity index (χ0v) is 36.2. The van der Waals surface area contributed by atoms with E-state index >= 15 is 8.78 Å². The highest BCUT2D eigenvalue weighted by molar-refractivity contribution is 6.01. The van der Waals surface area contributed by atoms with Crippen molar-refractivity contribution in [3.8, 4) is 23.0 Å². The number of phenols is 1. The third-order valence-corrected chi connectivity index (χ3v) is 13.5. The van der Waals surface area contributed by atoms with Gasteiger partial charge in [-0.05, 0) is 145 Å². The quantitative estimate of drug-likeness (QED) is 0.141. The second-order valence-corrected chi connectivity index (χ2v) is 19.3. The molecule has 2 N–H and O–H groups in total. The number of aryl methyl sites for hydroxylation is 1. The number of ether oxygens (including phenoxy) is 2. The summed E-state index contributed by atoms with van der Waals surface area (Å²) in [7, 11) is 0. The molecule has 14 heteroatoms. The molecule has 2 aromatic heterocycles. The van der Waals surface area contributed by atoms with Crippen LogP contribution >= 0.6 is 0 Å². The number of pyridine rings is 1. The van der Waals surface area contributed by atoms with Gasteiger partial charge in [0, 0.05) is 49.9 Å². The number of phenolic OH excluding ortho intramolecular Hbond substituents is 1. The van der Waals surface area contributed by atoms with Gasteiger partial charge in [-0.3, -0.25) is 9.88 Å². The van der Waals surface area contributed by atoms with Crippen LogP contribution in [-0.4, -0.2) is 109 Å². The van der Waals surface area contributed by atoms with Gasteiger partial charge in [0.25, 0.3) is 0 Å². The molecule has 4 fully saturated rings. The van der Waals surface area contributed by atoms with Crippen LogP contribution < -0.4 is 9.64 Å². The molecule has 328 valence electrons. The van der Waals surface area contributed by atoms with E-state index in [0.717, 1.165) is 64.2 Å². The number of piperidine rings is 1. The number of hydrogen-bond acceptors (Lipinski definition) is 11. The molecular formula is C47H60F2N6O6. The maximum atomic E-state index is 17.2. The molecule has 1 amide bonds. The molecule has 0 radical (unpaired) electrons. The number of rotatable bonds is 11. The lowest BCUT2D eigenvalue weighted by Gasteiger charge is -2.38. The van der Waals surface area contributed by atoms with E-state index in [-0.39, 0.29) is 65.3 Å². The minimum atomic E-state index is -0.992. The van der Waals surface area contributed by atoms with Crippen LogP contribution in [0.25, 0.3) is 32.9 Å². The van der Waals surface area contributed by atoms with Gasteiger partial charge < -0.3 is 34.3 Å². The van der Waals surface area contributed by atoms with E-state index in [0.29, 0.717) is 72.4 Å². The van der Waals surface area contributed by atoms with Crippen molar-refractivity contribution in [1.29, 1.82) is 0 Å². The maximum Gasteiger partial charge on any atom is 0.410 e. The molecule has 3 saturated heterocycles. The van der Waals surface area contributed by atoms with Crippen LogP contribution in [0.4, 0.5) is 19.4 Å². The summed E-state index contributed by atoms with van der Waals surface area (Å²) >= 11 is 0. The van der Waals surface area contributed by atoms with Crippen molar-refractivity contribution >= 4 is 39.9 Å². The predicted molar refractivity (Wildman–Crippen MR) is 230 cm³/mol. The van der Waals surface area contributed by atoms with Gasteiger partial charge in [0.2, 0.25) is 0 Å². The van der Waals surface area contributed by atoms with Crippen LogP contribution in [0.2, 0.25) is 0 Å². The van der Waals surface area contributed by atoms with Crippen LogP contribution in [0.5, 0.6) is 11.8 Å². The highest BCUT2D eigenvalue weighted by Gasteiger charge is 2.51. The van der Waals surface area contributed by atoms with E-state index < -0.39 is 22.8 Å². The molecule has 3 aliphatic heterocycles. The van der Waals surface area contributed by atoms with Crippen molar-refractivity contribution in [1.82, 2.24) is 24.8 Å². The number of β-amino-alcohol motifs (C(OH)–C–C–N with tert-alkyl or cyclic N) is 1. The first kappa shape index (κ1) is 43.0. The Morgan fingerprint density at radius 3 is 2.52 bits per heavy atom. The first-order valence-electron chi connectivity index (χ1n) is 22.2. The lowest BCUT2D eigenvalue weighted by Crippen LogP contribution is -2.51. The molecule has 5 heterocycles. The van der Waals surface area contributed by atoms with E-state index in [9.17, 15) is 19.8 Å².